The topological polar surface area (TPSA) is 76.9 Å². The van der Waals surface area contributed by atoms with Crippen LogP contribution in [0.3, 0.4) is 0 Å². The molecule has 1 amide bonds. The van der Waals surface area contributed by atoms with Crippen LogP contribution in [0.25, 0.3) is 0 Å². The van der Waals surface area contributed by atoms with Crippen molar-refractivity contribution in [3.05, 3.63) is 81.2 Å². The smallest absolute Gasteiger partial charge is 0.325 e. The molecule has 154 valence electrons. The molecule has 2 aromatic heterocycles. The van der Waals surface area contributed by atoms with E-state index >= 15 is 0 Å². The first-order valence-electron chi connectivity index (χ1n) is 10.0. The highest BCUT2D eigenvalue weighted by Crippen LogP contribution is 2.29. The van der Waals surface area contributed by atoms with Crippen LogP contribution < -0.4 is 11.0 Å². The third-order valence-electron chi connectivity index (χ3n) is 5.11. The van der Waals surface area contributed by atoms with Crippen molar-refractivity contribution in [2.45, 2.75) is 44.7 Å². The lowest BCUT2D eigenvalue weighted by molar-refractivity contribution is -0.113. The van der Waals surface area contributed by atoms with Crippen LogP contribution in [0.1, 0.15) is 34.4 Å². The second kappa shape index (κ2) is 8.83. The molecule has 3 aromatic rings. The van der Waals surface area contributed by atoms with E-state index in [1.54, 1.807) is 17.0 Å². The Labute approximate surface area is 179 Å². The summed E-state index contributed by atoms with van der Waals surface area (Å²) < 4.78 is 1.75. The molecule has 0 aliphatic heterocycles. The van der Waals surface area contributed by atoms with Gasteiger partial charge in [-0.2, -0.15) is 4.98 Å². The number of nitrogens with one attached hydrogen (secondary N) is 1. The van der Waals surface area contributed by atoms with Crippen molar-refractivity contribution < 1.29 is 4.79 Å². The Morgan fingerprint density at radius 1 is 1.20 bits per heavy atom. The van der Waals surface area contributed by atoms with E-state index in [9.17, 15) is 9.59 Å². The summed E-state index contributed by atoms with van der Waals surface area (Å²) in [5.41, 5.74) is 5.85. The second-order valence-corrected chi connectivity index (χ2v) is 8.60. The van der Waals surface area contributed by atoms with Crippen LogP contribution in [0, 0.1) is 13.8 Å². The van der Waals surface area contributed by atoms with E-state index in [2.05, 4.69) is 21.4 Å². The van der Waals surface area contributed by atoms with Gasteiger partial charge in [0.05, 0.1) is 12.3 Å². The van der Waals surface area contributed by atoms with Gasteiger partial charge < -0.3 is 5.32 Å². The molecular formula is C23H24N4O2S. The number of anilines is 1. The zero-order valence-electron chi connectivity index (χ0n) is 17.1. The van der Waals surface area contributed by atoms with Crippen molar-refractivity contribution >= 4 is 23.4 Å². The van der Waals surface area contributed by atoms with E-state index in [0.717, 1.165) is 52.9 Å². The van der Waals surface area contributed by atoms with Gasteiger partial charge in [0.25, 0.3) is 0 Å². The minimum Gasteiger partial charge on any atom is -0.325 e. The minimum absolute atomic E-state index is 0.0990. The fourth-order valence-corrected chi connectivity index (χ4v) is 4.80. The average Bonchev–Trinajstić information content (AvgIpc) is 3.19. The van der Waals surface area contributed by atoms with Crippen LogP contribution in [-0.4, -0.2) is 26.2 Å². The Balaban J connectivity index is 1.50. The summed E-state index contributed by atoms with van der Waals surface area (Å²) in [4.78, 5) is 33.6. The number of carbonyl (C=O) groups is 1. The maximum Gasteiger partial charge on any atom is 0.349 e. The Hall–Kier alpha value is -2.93. The van der Waals surface area contributed by atoms with Crippen LogP contribution >= 0.6 is 11.8 Å². The van der Waals surface area contributed by atoms with Crippen LogP contribution in [0.4, 0.5) is 5.69 Å². The largest absolute Gasteiger partial charge is 0.349 e. The molecule has 0 atom stereocenters. The summed E-state index contributed by atoms with van der Waals surface area (Å²) in [5, 5.41) is 3.63. The summed E-state index contributed by atoms with van der Waals surface area (Å²) >= 11 is 1.34. The van der Waals surface area contributed by atoms with E-state index in [1.165, 1.54) is 11.8 Å². The Bertz CT molecular complexity index is 1120. The average molecular weight is 421 g/mol. The third-order valence-corrected chi connectivity index (χ3v) is 6.13. The lowest BCUT2D eigenvalue weighted by atomic mass is 10.1. The van der Waals surface area contributed by atoms with Crippen molar-refractivity contribution in [3.63, 3.8) is 0 Å². The summed E-state index contributed by atoms with van der Waals surface area (Å²) in [7, 11) is 0. The molecular weight excluding hydrogens is 396 g/mol. The summed E-state index contributed by atoms with van der Waals surface area (Å²) in [6.45, 7) is 4.48. The van der Waals surface area contributed by atoms with Gasteiger partial charge in [0.1, 0.15) is 5.03 Å². The third kappa shape index (κ3) is 4.62. The molecule has 0 saturated heterocycles. The first-order valence-corrected chi connectivity index (χ1v) is 11.0. The molecule has 1 aliphatic rings. The lowest BCUT2D eigenvalue weighted by Gasteiger charge is -2.14. The monoisotopic (exact) mass is 420 g/mol. The maximum absolute atomic E-state index is 12.7. The predicted octanol–water partition coefficient (Wildman–Crippen LogP) is 3.52. The highest BCUT2D eigenvalue weighted by molar-refractivity contribution is 8.00. The van der Waals surface area contributed by atoms with Crippen LogP contribution in [-0.2, 0) is 24.2 Å². The first kappa shape index (κ1) is 20.3. The molecule has 0 saturated carbocycles. The van der Waals surface area contributed by atoms with Crippen LogP contribution in [0.2, 0.25) is 0 Å². The van der Waals surface area contributed by atoms with Gasteiger partial charge >= 0.3 is 5.69 Å². The standard InChI is InChI=1S/C23H24N4O2S/c1-15-9-16(2)11-18(10-15)25-21(28)14-30-22-19-6-3-7-20(19)27(23(29)26-22)13-17-5-4-8-24-12-17/h4-5,8-12H,3,6-7,13-14H2,1-2H3,(H,25,28). The molecule has 6 nitrogen and oxygen atoms in total. The molecule has 1 aliphatic carbocycles. The quantitative estimate of drug-likeness (QED) is 0.488. The number of aromatic nitrogens is 3. The number of nitrogens with zero attached hydrogens (tertiary/aromatic N) is 3. The number of fused-ring (bicyclic) bond motifs is 1. The molecule has 0 radical (unpaired) electrons. The van der Waals surface area contributed by atoms with Crippen molar-refractivity contribution in [1.82, 2.24) is 14.5 Å². The van der Waals surface area contributed by atoms with Gasteiger partial charge in [0.2, 0.25) is 5.91 Å². The Morgan fingerprint density at radius 2 is 2.00 bits per heavy atom. The Kier molecular flexibility index (Phi) is 5.99. The molecule has 0 fully saturated rings. The van der Waals surface area contributed by atoms with E-state index in [0.29, 0.717) is 11.6 Å². The van der Waals surface area contributed by atoms with E-state index in [1.807, 2.05) is 38.1 Å². The van der Waals surface area contributed by atoms with Crippen molar-refractivity contribution in [2.75, 3.05) is 11.1 Å². The Morgan fingerprint density at radius 3 is 2.73 bits per heavy atom. The van der Waals surface area contributed by atoms with Gasteiger partial charge in [-0.15, -0.1) is 0 Å². The molecule has 7 heteroatoms. The fraction of sp³-hybridized carbons (Fsp3) is 0.304. The molecule has 0 spiro atoms. The number of amides is 1. The number of benzene rings is 1. The lowest BCUT2D eigenvalue weighted by Crippen LogP contribution is -2.28. The number of pyridine rings is 1. The van der Waals surface area contributed by atoms with Gasteiger partial charge in [-0.25, -0.2) is 4.79 Å². The highest BCUT2D eigenvalue weighted by Gasteiger charge is 2.22. The summed E-state index contributed by atoms with van der Waals surface area (Å²) in [6, 6.07) is 9.79. The van der Waals surface area contributed by atoms with Crippen LogP contribution in [0.5, 0.6) is 0 Å². The molecule has 30 heavy (non-hydrogen) atoms. The molecule has 4 rings (SSSR count). The van der Waals surface area contributed by atoms with Crippen molar-refractivity contribution in [2.24, 2.45) is 0 Å². The zero-order chi connectivity index (χ0) is 21.1. The molecule has 0 bridgehead atoms. The second-order valence-electron chi connectivity index (χ2n) is 7.64. The fourth-order valence-electron chi connectivity index (χ4n) is 3.92. The van der Waals surface area contributed by atoms with E-state index in [4.69, 9.17) is 0 Å². The SMILES string of the molecule is Cc1cc(C)cc(NC(=O)CSc2nc(=O)n(Cc3cccnc3)c3c2CCC3)c1. The number of hydrogen-bond donors (Lipinski definition) is 1. The summed E-state index contributed by atoms with van der Waals surface area (Å²) in [5.74, 6) is 0.122. The van der Waals surface area contributed by atoms with Gasteiger partial charge in [0.15, 0.2) is 0 Å². The van der Waals surface area contributed by atoms with Crippen LogP contribution in [0.15, 0.2) is 52.5 Å². The molecule has 1 aromatic carbocycles. The normalized spacial score (nSPS) is 12.6. The van der Waals surface area contributed by atoms with E-state index in [-0.39, 0.29) is 17.3 Å². The molecule has 0 unspecified atom stereocenters. The number of rotatable bonds is 6. The number of thioether (sulfide) groups is 1. The highest BCUT2D eigenvalue weighted by atomic mass is 32.2. The predicted molar refractivity (Wildman–Crippen MR) is 119 cm³/mol. The number of hydrogen-bond acceptors (Lipinski definition) is 5. The van der Waals surface area contributed by atoms with Gasteiger partial charge in [-0.3, -0.25) is 14.3 Å². The maximum atomic E-state index is 12.7. The summed E-state index contributed by atoms with van der Waals surface area (Å²) in [6.07, 6.45) is 6.23. The van der Waals surface area contributed by atoms with Gasteiger partial charge in [-0.05, 0) is 68.0 Å². The molecule has 2 heterocycles. The first-order chi connectivity index (χ1) is 14.5. The van der Waals surface area contributed by atoms with Gasteiger partial charge in [0, 0.05) is 29.3 Å². The van der Waals surface area contributed by atoms with E-state index < -0.39 is 0 Å². The van der Waals surface area contributed by atoms with Crippen molar-refractivity contribution in [3.8, 4) is 0 Å². The number of aryl methyl sites for hydroxylation is 2. The van der Waals surface area contributed by atoms with Gasteiger partial charge in [-0.1, -0.05) is 23.9 Å². The van der Waals surface area contributed by atoms with Crippen molar-refractivity contribution in [1.29, 1.82) is 0 Å². The zero-order valence-corrected chi connectivity index (χ0v) is 18.0. The number of carbonyl (C=O) groups excluding carboxylic acids is 1. The minimum atomic E-state index is -0.267. The molecule has 1 N–H and O–H groups in total.